The first-order valence-electron chi connectivity index (χ1n) is 6.87. The van der Waals surface area contributed by atoms with E-state index in [2.05, 4.69) is 15.8 Å². The molecule has 0 bridgehead atoms. The van der Waals surface area contributed by atoms with Gasteiger partial charge in [0.05, 0.1) is 7.11 Å². The highest BCUT2D eigenvalue weighted by molar-refractivity contribution is 5.75. The molecule has 0 saturated carbocycles. The molecule has 0 aliphatic heterocycles. The number of benzene rings is 1. The van der Waals surface area contributed by atoms with Crippen LogP contribution in [0.3, 0.4) is 0 Å². The van der Waals surface area contributed by atoms with Gasteiger partial charge in [0, 0.05) is 11.9 Å². The lowest BCUT2D eigenvalue weighted by Crippen LogP contribution is -2.33. The van der Waals surface area contributed by atoms with Crippen molar-refractivity contribution in [3.8, 4) is 11.1 Å². The number of carbonyl (C=O) groups excluding carboxylic acids is 1. The third kappa shape index (κ3) is 3.67. The molecule has 0 unspecified atom stereocenters. The topological polar surface area (TPSA) is 65.2 Å². The molecule has 1 heterocycles. The van der Waals surface area contributed by atoms with E-state index >= 15 is 0 Å². The molecule has 1 aromatic heterocycles. The number of hydrogen-bond donors (Lipinski definition) is 1. The average molecular weight is 284 g/mol. The van der Waals surface area contributed by atoms with E-state index < -0.39 is 6.04 Å². The van der Waals surface area contributed by atoms with Gasteiger partial charge in [-0.2, -0.15) is 0 Å². The maximum absolute atomic E-state index is 11.3. The Balaban J connectivity index is 2.19. The molecular formula is C17H20N2O2. The number of nitrogens with zero attached hydrogens (tertiary/aromatic N) is 1. The van der Waals surface area contributed by atoms with Crippen LogP contribution in [-0.4, -0.2) is 24.1 Å². The Morgan fingerprint density at radius 1 is 1.29 bits per heavy atom. The minimum atomic E-state index is -0.620. The largest absolute Gasteiger partial charge is 0.468 e. The monoisotopic (exact) mass is 284 g/mol. The minimum absolute atomic E-state index is 0.389. The Kier molecular flexibility index (Phi) is 4.70. The molecule has 110 valence electrons. The molecule has 1 atom stereocenters. The normalized spacial score (nSPS) is 12.0. The molecule has 1 aromatic carbocycles. The van der Waals surface area contributed by atoms with Gasteiger partial charge in [-0.15, -0.1) is 0 Å². The highest BCUT2D eigenvalue weighted by Gasteiger charge is 2.14. The van der Waals surface area contributed by atoms with Crippen LogP contribution in [0.2, 0.25) is 0 Å². The lowest BCUT2D eigenvalue weighted by Gasteiger charge is -2.11. The molecule has 4 heteroatoms. The summed E-state index contributed by atoms with van der Waals surface area (Å²) < 4.78 is 4.64. The van der Waals surface area contributed by atoms with Gasteiger partial charge in [-0.3, -0.25) is 9.78 Å². The molecule has 2 aromatic rings. The van der Waals surface area contributed by atoms with Crippen molar-refractivity contribution >= 4 is 5.97 Å². The molecule has 21 heavy (non-hydrogen) atoms. The molecule has 2 N–H and O–H groups in total. The lowest BCUT2D eigenvalue weighted by molar-refractivity contribution is -0.142. The van der Waals surface area contributed by atoms with Crippen molar-refractivity contribution in [2.75, 3.05) is 7.11 Å². The first-order chi connectivity index (χ1) is 10.0. The molecule has 4 nitrogen and oxygen atoms in total. The number of esters is 1. The van der Waals surface area contributed by atoms with Gasteiger partial charge in [-0.1, -0.05) is 24.3 Å². The molecule has 2 rings (SSSR count). The maximum Gasteiger partial charge on any atom is 0.322 e. The predicted molar refractivity (Wildman–Crippen MR) is 82.8 cm³/mol. The van der Waals surface area contributed by atoms with E-state index in [1.165, 1.54) is 12.7 Å². The lowest BCUT2D eigenvalue weighted by atomic mass is 9.98. The summed E-state index contributed by atoms with van der Waals surface area (Å²) in [5.74, 6) is -0.389. The molecule has 0 radical (unpaired) electrons. The number of methoxy groups -OCH3 is 1. The van der Waals surface area contributed by atoms with Gasteiger partial charge < -0.3 is 10.5 Å². The fourth-order valence-electron chi connectivity index (χ4n) is 2.25. The number of rotatable bonds is 4. The predicted octanol–water partition coefficient (Wildman–Crippen LogP) is 2.41. The zero-order chi connectivity index (χ0) is 15.4. The third-order valence-electron chi connectivity index (χ3n) is 3.46. The van der Waals surface area contributed by atoms with Gasteiger partial charge in [0.25, 0.3) is 0 Å². The van der Waals surface area contributed by atoms with Gasteiger partial charge in [-0.25, -0.2) is 0 Å². The van der Waals surface area contributed by atoms with Gasteiger partial charge in [0.1, 0.15) is 6.04 Å². The van der Waals surface area contributed by atoms with Crippen molar-refractivity contribution in [3.05, 3.63) is 53.3 Å². The van der Waals surface area contributed by atoms with Crippen molar-refractivity contribution in [2.45, 2.75) is 26.3 Å². The van der Waals surface area contributed by atoms with Crippen LogP contribution in [0.15, 0.2) is 36.5 Å². The molecule has 0 aliphatic rings. The Labute approximate surface area is 125 Å². The standard InChI is InChI=1S/C17H20N2O2/c1-11-10-19-12(2)8-15(11)14-6-4-13(5-7-14)9-16(18)17(20)21-3/h4-8,10,16H,9,18H2,1-3H3/t16-/m0/s1. The average Bonchev–Trinajstić information content (AvgIpc) is 2.49. The summed E-state index contributed by atoms with van der Waals surface area (Å²) in [6, 6.07) is 9.53. The number of pyridine rings is 1. The smallest absolute Gasteiger partial charge is 0.322 e. The number of aryl methyl sites for hydroxylation is 2. The molecular weight excluding hydrogens is 264 g/mol. The van der Waals surface area contributed by atoms with E-state index in [-0.39, 0.29) is 5.97 Å². The van der Waals surface area contributed by atoms with E-state index in [1.54, 1.807) is 0 Å². The first kappa shape index (κ1) is 15.2. The highest BCUT2D eigenvalue weighted by atomic mass is 16.5. The number of nitrogens with two attached hydrogens (primary N) is 1. The second-order valence-corrected chi connectivity index (χ2v) is 5.17. The summed E-state index contributed by atoms with van der Waals surface area (Å²) in [7, 11) is 1.35. The number of ether oxygens (including phenoxy) is 1. The van der Waals surface area contributed by atoms with Crippen LogP contribution < -0.4 is 5.73 Å². The molecule has 0 aliphatic carbocycles. The summed E-state index contributed by atoms with van der Waals surface area (Å²) in [5.41, 5.74) is 11.2. The van der Waals surface area contributed by atoms with E-state index in [1.807, 2.05) is 44.3 Å². The van der Waals surface area contributed by atoms with E-state index in [4.69, 9.17) is 5.73 Å². The Hall–Kier alpha value is -2.20. The Morgan fingerprint density at radius 3 is 2.57 bits per heavy atom. The SMILES string of the molecule is COC(=O)[C@@H](N)Cc1ccc(-c2cc(C)ncc2C)cc1. The number of carbonyl (C=O) groups is 1. The van der Waals surface area contributed by atoms with Crippen LogP contribution >= 0.6 is 0 Å². The fourth-order valence-corrected chi connectivity index (χ4v) is 2.25. The summed E-state index contributed by atoms with van der Waals surface area (Å²) in [4.78, 5) is 15.6. The van der Waals surface area contributed by atoms with Crippen LogP contribution in [0, 0.1) is 13.8 Å². The van der Waals surface area contributed by atoms with Crippen LogP contribution in [-0.2, 0) is 16.0 Å². The quantitative estimate of drug-likeness (QED) is 0.876. The summed E-state index contributed by atoms with van der Waals surface area (Å²) >= 11 is 0. The van der Waals surface area contributed by atoms with Crippen molar-refractivity contribution in [1.29, 1.82) is 0 Å². The second-order valence-electron chi connectivity index (χ2n) is 5.17. The van der Waals surface area contributed by atoms with Gasteiger partial charge in [-0.05, 0) is 48.6 Å². The van der Waals surface area contributed by atoms with Gasteiger partial charge >= 0.3 is 5.97 Å². The number of hydrogen-bond acceptors (Lipinski definition) is 4. The third-order valence-corrected chi connectivity index (χ3v) is 3.46. The molecule has 0 saturated heterocycles. The van der Waals surface area contributed by atoms with Crippen molar-refractivity contribution in [1.82, 2.24) is 4.98 Å². The van der Waals surface area contributed by atoms with Crippen molar-refractivity contribution < 1.29 is 9.53 Å². The second kappa shape index (κ2) is 6.50. The molecule has 0 fully saturated rings. The summed E-state index contributed by atoms with van der Waals surface area (Å²) in [5, 5.41) is 0. The minimum Gasteiger partial charge on any atom is -0.468 e. The van der Waals surface area contributed by atoms with Crippen molar-refractivity contribution in [2.24, 2.45) is 5.73 Å². The van der Waals surface area contributed by atoms with E-state index in [0.717, 1.165) is 22.4 Å². The highest BCUT2D eigenvalue weighted by Crippen LogP contribution is 2.24. The molecule has 0 spiro atoms. The summed E-state index contributed by atoms with van der Waals surface area (Å²) in [6.45, 7) is 4.02. The van der Waals surface area contributed by atoms with Crippen molar-refractivity contribution in [3.63, 3.8) is 0 Å². The number of aromatic nitrogens is 1. The van der Waals surface area contributed by atoms with Crippen LogP contribution in [0.5, 0.6) is 0 Å². The van der Waals surface area contributed by atoms with E-state index in [0.29, 0.717) is 6.42 Å². The zero-order valence-corrected chi connectivity index (χ0v) is 12.6. The first-order valence-corrected chi connectivity index (χ1v) is 6.87. The summed E-state index contributed by atoms with van der Waals surface area (Å²) in [6.07, 6.45) is 2.35. The van der Waals surface area contributed by atoms with Crippen LogP contribution in [0.25, 0.3) is 11.1 Å². The van der Waals surface area contributed by atoms with Crippen LogP contribution in [0.4, 0.5) is 0 Å². The van der Waals surface area contributed by atoms with Crippen LogP contribution in [0.1, 0.15) is 16.8 Å². The van der Waals surface area contributed by atoms with E-state index in [9.17, 15) is 4.79 Å². The maximum atomic E-state index is 11.3. The Bertz CT molecular complexity index is 636. The fraction of sp³-hybridized carbons (Fsp3) is 0.294. The Morgan fingerprint density at radius 2 is 1.95 bits per heavy atom. The van der Waals surface area contributed by atoms with Gasteiger partial charge in [0.15, 0.2) is 0 Å². The van der Waals surface area contributed by atoms with Gasteiger partial charge in [0.2, 0.25) is 0 Å². The molecule has 0 amide bonds. The zero-order valence-electron chi connectivity index (χ0n) is 12.6.